The first-order valence-corrected chi connectivity index (χ1v) is 8.41. The van der Waals surface area contributed by atoms with Crippen molar-refractivity contribution in [3.05, 3.63) is 11.8 Å². The maximum absolute atomic E-state index is 12.3. The van der Waals surface area contributed by atoms with E-state index in [9.17, 15) is 9.90 Å². The van der Waals surface area contributed by atoms with Gasteiger partial charge in [-0.05, 0) is 32.2 Å². The number of amides is 1. The van der Waals surface area contributed by atoms with Gasteiger partial charge in [-0.15, -0.1) is 0 Å². The SMILES string of the molecule is CC(O)C1CCCN(CC(=O)Nc2cc(C(C)(C)C)nn2C)C1. The van der Waals surface area contributed by atoms with Crippen molar-refractivity contribution in [1.29, 1.82) is 0 Å². The van der Waals surface area contributed by atoms with E-state index in [2.05, 4.69) is 36.1 Å². The van der Waals surface area contributed by atoms with E-state index in [0.717, 1.165) is 37.4 Å². The summed E-state index contributed by atoms with van der Waals surface area (Å²) in [7, 11) is 1.84. The van der Waals surface area contributed by atoms with Crippen LogP contribution in [-0.4, -0.2) is 51.4 Å². The van der Waals surface area contributed by atoms with Crippen LogP contribution in [0.4, 0.5) is 5.82 Å². The zero-order valence-electron chi connectivity index (χ0n) is 15.0. The number of carbonyl (C=O) groups excluding carboxylic acids is 1. The van der Waals surface area contributed by atoms with Gasteiger partial charge in [0.2, 0.25) is 5.91 Å². The Labute approximate surface area is 138 Å². The first-order chi connectivity index (χ1) is 10.7. The van der Waals surface area contributed by atoms with Crippen LogP contribution in [0.5, 0.6) is 0 Å². The van der Waals surface area contributed by atoms with E-state index in [1.54, 1.807) is 4.68 Å². The van der Waals surface area contributed by atoms with Gasteiger partial charge in [-0.2, -0.15) is 5.10 Å². The van der Waals surface area contributed by atoms with Crippen molar-refractivity contribution in [1.82, 2.24) is 14.7 Å². The largest absolute Gasteiger partial charge is 0.393 e. The summed E-state index contributed by atoms with van der Waals surface area (Å²) in [6, 6.07) is 1.94. The molecule has 2 heterocycles. The Morgan fingerprint density at radius 3 is 2.78 bits per heavy atom. The van der Waals surface area contributed by atoms with Gasteiger partial charge < -0.3 is 10.4 Å². The van der Waals surface area contributed by atoms with Crippen molar-refractivity contribution in [3.63, 3.8) is 0 Å². The number of aliphatic hydroxyl groups excluding tert-OH is 1. The zero-order chi connectivity index (χ0) is 17.2. The maximum atomic E-state index is 12.3. The van der Waals surface area contributed by atoms with Crippen molar-refractivity contribution >= 4 is 11.7 Å². The van der Waals surface area contributed by atoms with Crippen LogP contribution in [-0.2, 0) is 17.3 Å². The van der Waals surface area contributed by atoms with Gasteiger partial charge in [0.1, 0.15) is 5.82 Å². The lowest BCUT2D eigenvalue weighted by Gasteiger charge is -2.33. The molecule has 0 aliphatic carbocycles. The molecule has 2 atom stereocenters. The zero-order valence-corrected chi connectivity index (χ0v) is 15.0. The second-order valence-electron chi connectivity index (χ2n) is 7.71. The van der Waals surface area contributed by atoms with Crippen molar-refractivity contribution in [2.45, 2.75) is 52.1 Å². The Bertz CT molecular complexity index is 545. The molecule has 1 aliphatic heterocycles. The molecule has 2 N–H and O–H groups in total. The van der Waals surface area contributed by atoms with E-state index in [4.69, 9.17) is 0 Å². The highest BCUT2D eigenvalue weighted by Crippen LogP contribution is 2.23. The summed E-state index contributed by atoms with van der Waals surface area (Å²) in [5.41, 5.74) is 0.917. The average Bonchev–Trinajstić information content (AvgIpc) is 2.80. The minimum Gasteiger partial charge on any atom is -0.393 e. The number of piperidine rings is 1. The minimum absolute atomic E-state index is 0.0281. The summed E-state index contributed by atoms with van der Waals surface area (Å²) in [5.74, 6) is 0.962. The molecule has 6 heteroatoms. The number of rotatable bonds is 4. The molecule has 1 fully saturated rings. The van der Waals surface area contributed by atoms with Gasteiger partial charge >= 0.3 is 0 Å². The lowest BCUT2D eigenvalue weighted by molar-refractivity contribution is -0.118. The van der Waals surface area contributed by atoms with Gasteiger partial charge in [0.15, 0.2) is 0 Å². The number of anilines is 1. The smallest absolute Gasteiger partial charge is 0.239 e. The second kappa shape index (κ2) is 7.01. The molecule has 1 aliphatic rings. The molecule has 1 aromatic rings. The molecule has 2 rings (SSSR count). The molecular weight excluding hydrogens is 292 g/mol. The molecule has 0 bridgehead atoms. The monoisotopic (exact) mass is 322 g/mol. The minimum atomic E-state index is -0.313. The molecule has 0 aromatic carbocycles. The van der Waals surface area contributed by atoms with Gasteiger partial charge in [0.25, 0.3) is 0 Å². The number of hydrogen-bond acceptors (Lipinski definition) is 4. The van der Waals surface area contributed by atoms with Crippen LogP contribution in [0.3, 0.4) is 0 Å². The second-order valence-corrected chi connectivity index (χ2v) is 7.71. The molecule has 1 saturated heterocycles. The molecule has 1 aromatic heterocycles. The third-order valence-electron chi connectivity index (χ3n) is 4.51. The molecule has 0 spiro atoms. The Morgan fingerprint density at radius 1 is 1.52 bits per heavy atom. The van der Waals surface area contributed by atoms with Crippen molar-refractivity contribution in [2.24, 2.45) is 13.0 Å². The summed E-state index contributed by atoms with van der Waals surface area (Å²) < 4.78 is 1.72. The molecule has 2 unspecified atom stereocenters. The Balaban J connectivity index is 1.93. The number of nitrogens with zero attached hydrogens (tertiary/aromatic N) is 3. The first kappa shape index (κ1) is 17.9. The highest BCUT2D eigenvalue weighted by Gasteiger charge is 2.25. The van der Waals surface area contributed by atoms with Crippen LogP contribution >= 0.6 is 0 Å². The van der Waals surface area contributed by atoms with Gasteiger partial charge in [0, 0.05) is 25.1 Å². The molecular formula is C17H30N4O2. The van der Waals surface area contributed by atoms with Gasteiger partial charge in [-0.1, -0.05) is 20.8 Å². The van der Waals surface area contributed by atoms with E-state index in [0.29, 0.717) is 6.54 Å². The molecule has 130 valence electrons. The highest BCUT2D eigenvalue weighted by molar-refractivity contribution is 5.91. The van der Waals surface area contributed by atoms with Crippen LogP contribution in [0.25, 0.3) is 0 Å². The van der Waals surface area contributed by atoms with Crippen molar-refractivity contribution < 1.29 is 9.90 Å². The van der Waals surface area contributed by atoms with E-state index >= 15 is 0 Å². The third-order valence-corrected chi connectivity index (χ3v) is 4.51. The normalized spacial score (nSPS) is 21.2. The van der Waals surface area contributed by atoms with E-state index < -0.39 is 0 Å². The van der Waals surface area contributed by atoms with E-state index in [-0.39, 0.29) is 23.3 Å². The summed E-state index contributed by atoms with van der Waals surface area (Å²) in [5, 5.41) is 17.2. The molecule has 0 radical (unpaired) electrons. The number of aromatic nitrogens is 2. The highest BCUT2D eigenvalue weighted by atomic mass is 16.3. The number of likely N-dealkylation sites (tertiary alicyclic amines) is 1. The average molecular weight is 322 g/mol. The topological polar surface area (TPSA) is 70.4 Å². The fourth-order valence-electron chi connectivity index (χ4n) is 2.96. The van der Waals surface area contributed by atoms with Gasteiger partial charge in [0.05, 0.1) is 18.3 Å². The molecule has 23 heavy (non-hydrogen) atoms. The predicted octanol–water partition coefficient (Wildman–Crippen LogP) is 1.75. The third kappa shape index (κ3) is 4.78. The molecule has 1 amide bonds. The molecule has 0 saturated carbocycles. The first-order valence-electron chi connectivity index (χ1n) is 8.41. The Kier molecular flexibility index (Phi) is 5.47. The summed E-state index contributed by atoms with van der Waals surface area (Å²) in [6.45, 7) is 10.2. The number of carbonyl (C=O) groups is 1. The number of aliphatic hydroxyl groups is 1. The Hall–Kier alpha value is -1.40. The van der Waals surface area contributed by atoms with E-state index in [1.165, 1.54) is 0 Å². The molecule has 6 nitrogen and oxygen atoms in total. The van der Waals surface area contributed by atoms with Crippen LogP contribution < -0.4 is 5.32 Å². The Morgan fingerprint density at radius 2 is 2.22 bits per heavy atom. The number of aryl methyl sites for hydroxylation is 1. The van der Waals surface area contributed by atoms with Crippen LogP contribution in [0, 0.1) is 5.92 Å². The van der Waals surface area contributed by atoms with Gasteiger partial charge in [-0.25, -0.2) is 0 Å². The van der Waals surface area contributed by atoms with Crippen LogP contribution in [0.2, 0.25) is 0 Å². The maximum Gasteiger partial charge on any atom is 0.239 e. The summed E-state index contributed by atoms with van der Waals surface area (Å²) >= 11 is 0. The number of hydrogen-bond donors (Lipinski definition) is 2. The van der Waals surface area contributed by atoms with Crippen molar-refractivity contribution in [2.75, 3.05) is 25.0 Å². The summed E-state index contributed by atoms with van der Waals surface area (Å²) in [6.07, 6.45) is 1.75. The standard InChI is InChI=1S/C17H30N4O2/c1-12(22)13-7-6-8-21(10-13)11-16(23)18-15-9-14(17(2,3)4)19-20(15)5/h9,12-13,22H,6-8,10-11H2,1-5H3,(H,18,23). The van der Waals surface area contributed by atoms with E-state index in [1.807, 2.05) is 20.0 Å². The quantitative estimate of drug-likeness (QED) is 0.886. The van der Waals surface area contributed by atoms with Crippen LogP contribution in [0.1, 0.15) is 46.2 Å². The van der Waals surface area contributed by atoms with Crippen molar-refractivity contribution in [3.8, 4) is 0 Å². The lowest BCUT2D eigenvalue weighted by Crippen LogP contribution is -2.43. The fraction of sp³-hybridized carbons (Fsp3) is 0.765. The predicted molar refractivity (Wildman–Crippen MR) is 91.4 cm³/mol. The number of nitrogens with one attached hydrogen (secondary N) is 1. The fourth-order valence-corrected chi connectivity index (χ4v) is 2.96. The van der Waals surface area contributed by atoms with Gasteiger partial charge in [-0.3, -0.25) is 14.4 Å². The van der Waals surface area contributed by atoms with Crippen LogP contribution in [0.15, 0.2) is 6.07 Å². The lowest BCUT2D eigenvalue weighted by atomic mass is 9.92. The summed E-state index contributed by atoms with van der Waals surface area (Å²) in [4.78, 5) is 14.4.